The molecule has 2 aromatic rings. The average Bonchev–Trinajstić information content (AvgIpc) is 3.35. The number of imidazole rings is 1. The molecule has 2 amide bonds. The van der Waals surface area contributed by atoms with Crippen molar-refractivity contribution in [3.63, 3.8) is 0 Å². The summed E-state index contributed by atoms with van der Waals surface area (Å²) in [7, 11) is 1.95. The Balaban J connectivity index is 1.75. The number of primary amides is 1. The van der Waals surface area contributed by atoms with Crippen molar-refractivity contribution in [2.45, 2.75) is 31.3 Å². The number of hydrogen-bond acceptors (Lipinski definition) is 5. The first-order chi connectivity index (χ1) is 12.8. The number of aromatic nitrogens is 2. The molecule has 1 saturated heterocycles. The van der Waals surface area contributed by atoms with E-state index in [9.17, 15) is 14.0 Å². The van der Waals surface area contributed by atoms with Gasteiger partial charge in [-0.3, -0.25) is 14.5 Å². The minimum Gasteiger partial charge on any atom is -0.368 e. The molecule has 4 heterocycles. The first-order valence-corrected chi connectivity index (χ1v) is 9.76. The maximum Gasteiger partial charge on any atom is 0.264 e. The lowest BCUT2D eigenvalue weighted by atomic mass is 9.85. The predicted molar refractivity (Wildman–Crippen MR) is 98.7 cm³/mol. The highest BCUT2D eigenvalue weighted by Gasteiger charge is 2.52. The molecular formula is C18H22FN5O2S. The lowest BCUT2D eigenvalue weighted by molar-refractivity contribution is -0.122. The fourth-order valence-corrected chi connectivity index (χ4v) is 4.98. The van der Waals surface area contributed by atoms with E-state index in [2.05, 4.69) is 4.98 Å². The molecule has 1 spiro atoms. The Kier molecular flexibility index (Phi) is 4.31. The van der Waals surface area contributed by atoms with Crippen LogP contribution in [0.25, 0.3) is 0 Å². The summed E-state index contributed by atoms with van der Waals surface area (Å²) in [5.74, 6) is -0.573. The van der Waals surface area contributed by atoms with Gasteiger partial charge < -0.3 is 15.2 Å². The van der Waals surface area contributed by atoms with E-state index in [1.54, 1.807) is 13.3 Å². The number of amides is 2. The van der Waals surface area contributed by atoms with Crippen LogP contribution in [0.15, 0.2) is 18.5 Å². The van der Waals surface area contributed by atoms with Gasteiger partial charge in [-0.25, -0.2) is 4.98 Å². The SMILES string of the molecule is CC(C(N)=O)N1CCC2(C1)c1ncn(C)c1CCN2C(=O)c1ccc(F)s1. The van der Waals surface area contributed by atoms with Crippen molar-refractivity contribution >= 4 is 23.2 Å². The number of fused-ring (bicyclic) bond motifs is 2. The van der Waals surface area contributed by atoms with E-state index in [1.807, 2.05) is 21.4 Å². The highest BCUT2D eigenvalue weighted by molar-refractivity contribution is 7.12. The molecule has 2 aliphatic rings. The Hall–Kier alpha value is -2.26. The van der Waals surface area contributed by atoms with Crippen LogP contribution in [0.1, 0.15) is 34.4 Å². The van der Waals surface area contributed by atoms with Gasteiger partial charge in [-0.05, 0) is 25.5 Å². The summed E-state index contributed by atoms with van der Waals surface area (Å²) in [4.78, 5) is 33.7. The molecule has 2 aromatic heterocycles. The second-order valence-corrected chi connectivity index (χ2v) is 8.33. The van der Waals surface area contributed by atoms with Crippen LogP contribution in [-0.4, -0.2) is 56.8 Å². The Morgan fingerprint density at radius 2 is 2.15 bits per heavy atom. The predicted octanol–water partition coefficient (Wildman–Crippen LogP) is 1.09. The van der Waals surface area contributed by atoms with Gasteiger partial charge in [0, 0.05) is 38.8 Å². The number of aryl methyl sites for hydroxylation is 1. The maximum atomic E-state index is 13.5. The number of halogens is 1. The van der Waals surface area contributed by atoms with E-state index < -0.39 is 11.6 Å². The van der Waals surface area contributed by atoms with Gasteiger partial charge in [-0.15, -0.1) is 11.3 Å². The van der Waals surface area contributed by atoms with E-state index in [-0.39, 0.29) is 16.9 Å². The summed E-state index contributed by atoms with van der Waals surface area (Å²) in [5, 5.41) is -0.377. The fraction of sp³-hybridized carbons (Fsp3) is 0.500. The van der Waals surface area contributed by atoms with Crippen LogP contribution in [0.2, 0.25) is 0 Å². The molecule has 7 nitrogen and oxygen atoms in total. The minimum atomic E-state index is -0.629. The van der Waals surface area contributed by atoms with Crippen LogP contribution in [0, 0.1) is 5.13 Å². The Bertz CT molecular complexity index is 909. The quantitative estimate of drug-likeness (QED) is 0.849. The number of thiophene rings is 1. The summed E-state index contributed by atoms with van der Waals surface area (Å²) in [6.07, 6.45) is 3.12. The zero-order valence-electron chi connectivity index (χ0n) is 15.3. The van der Waals surface area contributed by atoms with Gasteiger partial charge in [-0.2, -0.15) is 4.39 Å². The molecule has 0 radical (unpaired) electrons. The van der Waals surface area contributed by atoms with Gasteiger partial charge in [0.25, 0.3) is 5.91 Å². The van der Waals surface area contributed by atoms with E-state index in [1.165, 1.54) is 12.1 Å². The van der Waals surface area contributed by atoms with Gasteiger partial charge in [0.15, 0.2) is 5.13 Å². The normalized spacial score (nSPS) is 23.6. The van der Waals surface area contributed by atoms with Gasteiger partial charge >= 0.3 is 0 Å². The number of hydrogen-bond donors (Lipinski definition) is 1. The number of nitrogens with two attached hydrogens (primary N) is 1. The largest absolute Gasteiger partial charge is 0.368 e. The van der Waals surface area contributed by atoms with Crippen LogP contribution in [-0.2, 0) is 23.8 Å². The van der Waals surface area contributed by atoms with Gasteiger partial charge in [0.05, 0.1) is 22.9 Å². The maximum absolute atomic E-state index is 13.5. The third kappa shape index (κ3) is 2.76. The monoisotopic (exact) mass is 391 g/mol. The van der Waals surface area contributed by atoms with Gasteiger partial charge in [0.2, 0.25) is 5.91 Å². The summed E-state index contributed by atoms with van der Waals surface area (Å²) < 4.78 is 15.5. The topological polar surface area (TPSA) is 84.5 Å². The van der Waals surface area contributed by atoms with Crippen molar-refractivity contribution in [2.75, 3.05) is 19.6 Å². The van der Waals surface area contributed by atoms with Crippen molar-refractivity contribution < 1.29 is 14.0 Å². The van der Waals surface area contributed by atoms with Crippen molar-refractivity contribution in [2.24, 2.45) is 12.8 Å². The van der Waals surface area contributed by atoms with E-state index in [4.69, 9.17) is 5.73 Å². The Morgan fingerprint density at radius 3 is 2.81 bits per heavy atom. The number of likely N-dealkylation sites (tertiary alicyclic amines) is 1. The van der Waals surface area contributed by atoms with Crippen molar-refractivity contribution in [3.8, 4) is 0 Å². The van der Waals surface area contributed by atoms with Crippen LogP contribution in [0.3, 0.4) is 0 Å². The first-order valence-electron chi connectivity index (χ1n) is 8.95. The van der Waals surface area contributed by atoms with E-state index >= 15 is 0 Å². The van der Waals surface area contributed by atoms with Crippen molar-refractivity contribution in [1.82, 2.24) is 19.4 Å². The molecule has 0 saturated carbocycles. The van der Waals surface area contributed by atoms with Crippen LogP contribution in [0.4, 0.5) is 4.39 Å². The van der Waals surface area contributed by atoms with E-state index in [0.717, 1.165) is 22.7 Å². The Labute approximate surface area is 160 Å². The number of carbonyl (C=O) groups is 2. The third-order valence-electron chi connectivity index (χ3n) is 5.85. The molecule has 9 heteroatoms. The molecule has 0 bridgehead atoms. The molecule has 1 fully saturated rings. The second kappa shape index (κ2) is 6.42. The smallest absolute Gasteiger partial charge is 0.264 e. The lowest BCUT2D eigenvalue weighted by Crippen LogP contribution is -2.56. The van der Waals surface area contributed by atoms with Gasteiger partial charge in [0.1, 0.15) is 5.54 Å². The molecule has 0 aliphatic carbocycles. The van der Waals surface area contributed by atoms with Crippen LogP contribution in [0.5, 0.6) is 0 Å². The molecule has 144 valence electrons. The zero-order valence-corrected chi connectivity index (χ0v) is 16.1. The standard InChI is InChI=1S/C18H22FN5O2S/c1-11(16(20)25)23-8-6-18(9-23)15-12(22(2)10-21-15)5-7-24(18)17(26)13-3-4-14(19)27-13/h3-4,10-11H,5-9H2,1-2H3,(H2,20,25). The molecule has 0 aromatic carbocycles. The summed E-state index contributed by atoms with van der Waals surface area (Å²) >= 11 is 0.859. The third-order valence-corrected chi connectivity index (χ3v) is 6.72. The minimum absolute atomic E-state index is 0.186. The van der Waals surface area contributed by atoms with Gasteiger partial charge in [-0.1, -0.05) is 0 Å². The van der Waals surface area contributed by atoms with E-state index in [0.29, 0.717) is 37.4 Å². The van der Waals surface area contributed by atoms with Crippen molar-refractivity contribution in [1.29, 1.82) is 0 Å². The molecule has 27 heavy (non-hydrogen) atoms. The second-order valence-electron chi connectivity index (χ2n) is 7.29. The Morgan fingerprint density at radius 1 is 1.37 bits per heavy atom. The highest BCUT2D eigenvalue weighted by Crippen LogP contribution is 2.43. The lowest BCUT2D eigenvalue weighted by Gasteiger charge is -2.44. The number of carbonyl (C=O) groups excluding carboxylic acids is 2. The molecule has 2 atom stereocenters. The fourth-order valence-electron chi connectivity index (χ4n) is 4.30. The molecule has 2 N–H and O–H groups in total. The first kappa shape index (κ1) is 18.1. The average molecular weight is 391 g/mol. The molecule has 2 unspecified atom stereocenters. The summed E-state index contributed by atoms with van der Waals surface area (Å²) in [6, 6.07) is 2.43. The van der Waals surface area contributed by atoms with Crippen LogP contribution >= 0.6 is 11.3 Å². The van der Waals surface area contributed by atoms with Crippen LogP contribution < -0.4 is 5.73 Å². The summed E-state index contributed by atoms with van der Waals surface area (Å²) in [5.41, 5.74) is 6.85. The molecular weight excluding hydrogens is 369 g/mol. The molecule has 4 rings (SSSR count). The highest BCUT2D eigenvalue weighted by atomic mass is 32.1. The number of rotatable bonds is 3. The summed E-state index contributed by atoms with van der Waals surface area (Å²) in [6.45, 7) is 3.44. The zero-order chi connectivity index (χ0) is 19.3. The number of nitrogens with zero attached hydrogens (tertiary/aromatic N) is 4. The molecule has 2 aliphatic heterocycles. The van der Waals surface area contributed by atoms with Crippen molar-refractivity contribution in [3.05, 3.63) is 39.9 Å².